The summed E-state index contributed by atoms with van der Waals surface area (Å²) in [6, 6.07) is 5.08. The molecule has 1 unspecified atom stereocenters. The Hall–Kier alpha value is -1.88. The van der Waals surface area contributed by atoms with Crippen molar-refractivity contribution in [3.63, 3.8) is 0 Å². The second-order valence-corrected chi connectivity index (χ2v) is 5.22. The lowest BCUT2D eigenvalue weighted by Gasteiger charge is -2.16. The van der Waals surface area contributed by atoms with Crippen molar-refractivity contribution < 1.29 is 9.59 Å². The van der Waals surface area contributed by atoms with Crippen LogP contribution in [0.25, 0.3) is 0 Å². The summed E-state index contributed by atoms with van der Waals surface area (Å²) < 4.78 is 0. The van der Waals surface area contributed by atoms with Crippen LogP contribution in [0.5, 0.6) is 0 Å². The van der Waals surface area contributed by atoms with Crippen LogP contribution in [0.15, 0.2) is 18.2 Å². The molecule has 2 amide bonds. The van der Waals surface area contributed by atoms with Gasteiger partial charge in [-0.1, -0.05) is 19.9 Å². The third-order valence-electron chi connectivity index (χ3n) is 3.36. The number of hydrogen-bond acceptors (Lipinski definition) is 3. The zero-order valence-corrected chi connectivity index (χ0v) is 12.5. The number of carbonyl (C=O) groups is 2. The molecule has 1 aromatic rings. The SMILES string of the molecule is CNC(=O)c1cccc(NC(=O)CC(N)C(C)C)c1C. The molecule has 0 saturated heterocycles. The lowest BCUT2D eigenvalue weighted by Crippen LogP contribution is -2.31. The Labute approximate surface area is 119 Å². The van der Waals surface area contributed by atoms with Gasteiger partial charge < -0.3 is 16.4 Å². The Kier molecular flexibility index (Phi) is 5.70. The van der Waals surface area contributed by atoms with Crippen LogP contribution in [0.1, 0.15) is 36.2 Å². The van der Waals surface area contributed by atoms with Crippen molar-refractivity contribution in [1.82, 2.24) is 5.32 Å². The van der Waals surface area contributed by atoms with E-state index in [-0.39, 0.29) is 30.2 Å². The molecular weight excluding hydrogens is 254 g/mol. The van der Waals surface area contributed by atoms with Gasteiger partial charge >= 0.3 is 0 Å². The number of amides is 2. The van der Waals surface area contributed by atoms with Gasteiger partial charge in [0.15, 0.2) is 0 Å². The van der Waals surface area contributed by atoms with E-state index in [1.807, 2.05) is 20.8 Å². The molecule has 5 heteroatoms. The zero-order chi connectivity index (χ0) is 15.3. The molecule has 0 saturated carbocycles. The molecule has 0 bridgehead atoms. The molecule has 0 spiro atoms. The summed E-state index contributed by atoms with van der Waals surface area (Å²) in [5.41, 5.74) is 7.83. The number of nitrogens with two attached hydrogens (primary N) is 1. The predicted molar refractivity (Wildman–Crippen MR) is 80.6 cm³/mol. The molecule has 0 aliphatic heterocycles. The highest BCUT2D eigenvalue weighted by Gasteiger charge is 2.15. The van der Waals surface area contributed by atoms with Crippen LogP contribution in [-0.2, 0) is 4.79 Å². The molecule has 0 heterocycles. The Morgan fingerprint density at radius 1 is 1.30 bits per heavy atom. The van der Waals surface area contributed by atoms with Gasteiger partial charge in [-0.3, -0.25) is 9.59 Å². The minimum Gasteiger partial charge on any atom is -0.355 e. The maximum Gasteiger partial charge on any atom is 0.251 e. The third kappa shape index (κ3) is 4.06. The first-order valence-corrected chi connectivity index (χ1v) is 6.74. The number of benzene rings is 1. The first kappa shape index (κ1) is 16.2. The van der Waals surface area contributed by atoms with Crippen LogP contribution in [0.2, 0.25) is 0 Å². The smallest absolute Gasteiger partial charge is 0.251 e. The predicted octanol–water partition coefficient (Wildman–Crippen LogP) is 1.67. The van der Waals surface area contributed by atoms with E-state index in [1.165, 1.54) is 0 Å². The third-order valence-corrected chi connectivity index (χ3v) is 3.36. The summed E-state index contributed by atoms with van der Waals surface area (Å²) >= 11 is 0. The maximum atomic E-state index is 11.9. The van der Waals surface area contributed by atoms with E-state index in [4.69, 9.17) is 5.73 Å². The van der Waals surface area contributed by atoms with E-state index in [1.54, 1.807) is 25.2 Å². The minimum absolute atomic E-state index is 0.136. The molecule has 1 rings (SSSR count). The maximum absolute atomic E-state index is 11.9. The first-order chi connectivity index (χ1) is 9.36. The van der Waals surface area contributed by atoms with Gasteiger partial charge in [-0.25, -0.2) is 0 Å². The Morgan fingerprint density at radius 3 is 2.50 bits per heavy atom. The van der Waals surface area contributed by atoms with Crippen LogP contribution in [0.4, 0.5) is 5.69 Å². The van der Waals surface area contributed by atoms with E-state index in [2.05, 4.69) is 10.6 Å². The molecule has 5 nitrogen and oxygen atoms in total. The summed E-state index contributed by atoms with van der Waals surface area (Å²) in [6.45, 7) is 5.77. The quantitative estimate of drug-likeness (QED) is 0.765. The normalized spacial score (nSPS) is 12.1. The molecule has 0 aromatic heterocycles. The average molecular weight is 277 g/mol. The fourth-order valence-corrected chi connectivity index (χ4v) is 1.80. The zero-order valence-electron chi connectivity index (χ0n) is 12.5. The van der Waals surface area contributed by atoms with Crippen LogP contribution < -0.4 is 16.4 Å². The molecular formula is C15H23N3O2. The molecule has 1 atom stereocenters. The lowest BCUT2D eigenvalue weighted by atomic mass is 10.0. The Balaban J connectivity index is 2.83. The van der Waals surface area contributed by atoms with Gasteiger partial charge in [0.2, 0.25) is 5.91 Å². The summed E-state index contributed by atoms with van der Waals surface area (Å²) in [7, 11) is 1.58. The van der Waals surface area contributed by atoms with Crippen molar-refractivity contribution in [2.75, 3.05) is 12.4 Å². The van der Waals surface area contributed by atoms with Crippen molar-refractivity contribution >= 4 is 17.5 Å². The van der Waals surface area contributed by atoms with Crippen LogP contribution in [-0.4, -0.2) is 24.9 Å². The molecule has 110 valence electrons. The van der Waals surface area contributed by atoms with Gasteiger partial charge in [0.05, 0.1) is 0 Å². The number of nitrogens with one attached hydrogen (secondary N) is 2. The number of rotatable bonds is 5. The highest BCUT2D eigenvalue weighted by atomic mass is 16.2. The second-order valence-electron chi connectivity index (χ2n) is 5.22. The average Bonchev–Trinajstić information content (AvgIpc) is 2.40. The lowest BCUT2D eigenvalue weighted by molar-refractivity contribution is -0.116. The van der Waals surface area contributed by atoms with Gasteiger partial charge in [-0.05, 0) is 30.5 Å². The summed E-state index contributed by atoms with van der Waals surface area (Å²) in [5.74, 6) is -0.0557. The van der Waals surface area contributed by atoms with E-state index >= 15 is 0 Å². The molecule has 0 aliphatic rings. The Morgan fingerprint density at radius 2 is 1.95 bits per heavy atom. The van der Waals surface area contributed by atoms with E-state index < -0.39 is 0 Å². The van der Waals surface area contributed by atoms with E-state index in [0.29, 0.717) is 11.3 Å². The van der Waals surface area contributed by atoms with Gasteiger partial charge in [0, 0.05) is 30.8 Å². The van der Waals surface area contributed by atoms with Gasteiger partial charge in [0.25, 0.3) is 5.91 Å². The van der Waals surface area contributed by atoms with Crippen LogP contribution in [0.3, 0.4) is 0 Å². The highest BCUT2D eigenvalue weighted by molar-refractivity contribution is 5.99. The van der Waals surface area contributed by atoms with Crippen LogP contribution in [0, 0.1) is 12.8 Å². The largest absolute Gasteiger partial charge is 0.355 e. The van der Waals surface area contributed by atoms with Gasteiger partial charge in [-0.2, -0.15) is 0 Å². The van der Waals surface area contributed by atoms with Gasteiger partial charge in [-0.15, -0.1) is 0 Å². The fraction of sp³-hybridized carbons (Fsp3) is 0.467. The van der Waals surface area contributed by atoms with Crippen molar-refractivity contribution in [1.29, 1.82) is 0 Å². The van der Waals surface area contributed by atoms with Crippen molar-refractivity contribution in [2.45, 2.75) is 33.2 Å². The molecule has 4 N–H and O–H groups in total. The van der Waals surface area contributed by atoms with Crippen LogP contribution >= 0.6 is 0 Å². The molecule has 1 aromatic carbocycles. The summed E-state index contributed by atoms with van der Waals surface area (Å²) in [4.78, 5) is 23.6. The number of hydrogen-bond donors (Lipinski definition) is 3. The summed E-state index contributed by atoms with van der Waals surface area (Å²) in [5, 5.41) is 5.39. The fourth-order valence-electron chi connectivity index (χ4n) is 1.80. The van der Waals surface area contributed by atoms with Crippen molar-refractivity contribution in [2.24, 2.45) is 11.7 Å². The monoisotopic (exact) mass is 277 g/mol. The standard InChI is InChI=1S/C15H23N3O2/c1-9(2)12(16)8-14(19)18-13-7-5-6-11(10(13)3)15(20)17-4/h5-7,9,12H,8,16H2,1-4H3,(H,17,20)(H,18,19). The van der Waals surface area contributed by atoms with Gasteiger partial charge in [0.1, 0.15) is 0 Å². The highest BCUT2D eigenvalue weighted by Crippen LogP contribution is 2.19. The number of anilines is 1. The number of carbonyl (C=O) groups excluding carboxylic acids is 2. The summed E-state index contributed by atoms with van der Waals surface area (Å²) in [6.07, 6.45) is 0.265. The molecule has 0 radical (unpaired) electrons. The minimum atomic E-state index is -0.169. The van der Waals surface area contributed by atoms with Crippen molar-refractivity contribution in [3.8, 4) is 0 Å². The van der Waals surface area contributed by atoms with Crippen molar-refractivity contribution in [3.05, 3.63) is 29.3 Å². The van der Waals surface area contributed by atoms with E-state index in [0.717, 1.165) is 5.56 Å². The topological polar surface area (TPSA) is 84.2 Å². The molecule has 0 aliphatic carbocycles. The second kappa shape index (κ2) is 7.05. The first-order valence-electron chi connectivity index (χ1n) is 6.74. The Bertz CT molecular complexity index is 498. The van der Waals surface area contributed by atoms with E-state index in [9.17, 15) is 9.59 Å². The molecule has 20 heavy (non-hydrogen) atoms. The molecule has 0 fully saturated rings.